The number of hydrogen-bond acceptors (Lipinski definition) is 3. The van der Waals surface area contributed by atoms with Gasteiger partial charge in [-0.1, -0.05) is 0 Å². The van der Waals surface area contributed by atoms with Crippen molar-refractivity contribution in [1.29, 1.82) is 10.5 Å². The number of alkyl halides is 3. The first-order valence-electron chi connectivity index (χ1n) is 12.5. The highest BCUT2D eigenvalue weighted by Gasteiger charge is 2.40. The zero-order valence-corrected chi connectivity index (χ0v) is 22.2. The molecule has 0 saturated heterocycles. The van der Waals surface area contributed by atoms with E-state index in [0.29, 0.717) is 12.1 Å². The molecule has 0 N–H and O–H groups in total. The molecule has 5 rings (SSSR count). The zero-order chi connectivity index (χ0) is 32.1. The number of hydrogen-bond donors (Lipinski definition) is 0. The van der Waals surface area contributed by atoms with Gasteiger partial charge in [0.15, 0.2) is 0 Å². The number of nitriles is 2. The summed E-state index contributed by atoms with van der Waals surface area (Å²) in [5, 5.41) is 19.0. The summed E-state index contributed by atoms with van der Waals surface area (Å²) in [5.41, 5.74) is -1.46. The number of fused-ring (bicyclic) bond motifs is 2. The first kappa shape index (κ1) is 29.6. The Balaban J connectivity index is 2.17. The first-order chi connectivity index (χ1) is 20.8. The molecular weight excluding hydrogens is 589 g/mol. The average molecular weight is 602 g/mol. The van der Waals surface area contributed by atoms with Gasteiger partial charge >= 0.3 is 12.2 Å². The standard InChI is InChI=1S/C32H13F7N4O/c1-14-22(31(42-2)43-3)10-24-26(14)27(15-4-18(33)8-19(34)5-15)25-11-23(17(12-40)13-41)30(44-32(37,38)39)29(25)28(24)16-6-20(35)9-21(36)7-16/h4-9H,10-11H2,1H3. The summed E-state index contributed by atoms with van der Waals surface area (Å²) in [4.78, 5) is 6.48. The second-order valence-corrected chi connectivity index (χ2v) is 9.73. The maximum Gasteiger partial charge on any atom is 0.573 e. The molecule has 3 aromatic rings. The third-order valence-corrected chi connectivity index (χ3v) is 7.27. The molecule has 2 aliphatic carbocycles. The summed E-state index contributed by atoms with van der Waals surface area (Å²) in [7, 11) is 0. The van der Waals surface area contributed by atoms with E-state index in [1.54, 1.807) is 0 Å². The Kier molecular flexibility index (Phi) is 7.25. The van der Waals surface area contributed by atoms with Crippen LogP contribution in [0.1, 0.15) is 18.1 Å². The third kappa shape index (κ3) is 4.93. The molecule has 0 amide bonds. The number of halogens is 7. The molecule has 44 heavy (non-hydrogen) atoms. The van der Waals surface area contributed by atoms with Crippen LogP contribution in [0.15, 0.2) is 58.9 Å². The van der Waals surface area contributed by atoms with E-state index >= 15 is 0 Å². The quantitative estimate of drug-likeness (QED) is 0.186. The fraction of sp³-hybridized carbons (Fsp3) is 0.125. The van der Waals surface area contributed by atoms with Crippen molar-refractivity contribution < 1.29 is 35.5 Å². The molecule has 0 saturated carbocycles. The predicted molar refractivity (Wildman–Crippen MR) is 142 cm³/mol. The topological polar surface area (TPSA) is 65.5 Å². The molecule has 3 aromatic carbocycles. The van der Waals surface area contributed by atoms with Crippen LogP contribution in [-0.4, -0.2) is 6.36 Å². The van der Waals surface area contributed by atoms with Crippen molar-refractivity contribution in [2.75, 3.05) is 0 Å². The number of rotatable bonds is 3. The number of nitrogens with zero attached hydrogens (tertiary/aromatic N) is 4. The average Bonchev–Trinajstić information content (AvgIpc) is 3.45. The largest absolute Gasteiger partial charge is 0.573 e. The van der Waals surface area contributed by atoms with Crippen LogP contribution in [0, 0.1) is 59.1 Å². The summed E-state index contributed by atoms with van der Waals surface area (Å²) < 4.78 is 104. The van der Waals surface area contributed by atoms with Crippen LogP contribution in [0.25, 0.3) is 43.3 Å². The minimum atomic E-state index is -5.37. The van der Waals surface area contributed by atoms with Crippen LogP contribution in [0.4, 0.5) is 30.7 Å². The van der Waals surface area contributed by atoms with Gasteiger partial charge in [0.2, 0.25) is 0 Å². The second-order valence-electron chi connectivity index (χ2n) is 9.73. The molecular formula is C32H13F7N4O. The first-order valence-corrected chi connectivity index (χ1v) is 12.5. The van der Waals surface area contributed by atoms with Gasteiger partial charge in [0.05, 0.1) is 5.57 Å². The van der Waals surface area contributed by atoms with Crippen molar-refractivity contribution in [2.24, 2.45) is 0 Å². The van der Waals surface area contributed by atoms with Crippen molar-refractivity contribution in [1.82, 2.24) is 0 Å². The molecule has 0 spiro atoms. The molecule has 0 aromatic heterocycles. The van der Waals surface area contributed by atoms with Crippen molar-refractivity contribution in [3.63, 3.8) is 0 Å². The van der Waals surface area contributed by atoms with Crippen LogP contribution >= 0.6 is 0 Å². The maximum absolute atomic E-state index is 14.6. The molecule has 0 unspecified atom stereocenters. The smallest absolute Gasteiger partial charge is 0.405 e. The molecule has 12 heteroatoms. The van der Waals surface area contributed by atoms with Gasteiger partial charge in [-0.2, -0.15) is 20.2 Å². The number of ether oxygens (including phenoxy) is 1. The molecule has 5 nitrogen and oxygen atoms in total. The van der Waals surface area contributed by atoms with Crippen molar-refractivity contribution in [3.05, 3.63) is 127 Å². The van der Waals surface area contributed by atoms with Crippen molar-refractivity contribution >= 4 is 11.3 Å². The number of allylic oxidation sites excluding steroid dienone is 2. The molecule has 0 fully saturated rings. The van der Waals surface area contributed by atoms with Crippen molar-refractivity contribution in [3.8, 4) is 34.4 Å². The van der Waals surface area contributed by atoms with Gasteiger partial charge in [0.25, 0.3) is 0 Å². The normalized spacial score (nSPS) is 13.5. The molecule has 0 aliphatic heterocycles. The summed E-state index contributed by atoms with van der Waals surface area (Å²) >= 11 is 0. The SMILES string of the molecule is [C-]#[N+]C([N+]#[C-])=C1Cc2c(-c3cc(F)cc(F)c3)c3c(c(-c4cc(F)cc(F)c4)c2=C1C)CC(=C(C#N)C#N)C=3OC(F)(F)F. The lowest BCUT2D eigenvalue weighted by Crippen LogP contribution is -2.26. The molecule has 2 aliphatic rings. The van der Waals surface area contributed by atoms with Gasteiger partial charge in [0, 0.05) is 29.3 Å². The Bertz CT molecular complexity index is 2110. The summed E-state index contributed by atoms with van der Waals surface area (Å²) in [5.74, 6) is -5.63. The molecule has 0 bridgehead atoms. The molecule has 216 valence electrons. The minimum Gasteiger partial charge on any atom is -0.405 e. The maximum atomic E-state index is 14.6. The highest BCUT2D eigenvalue weighted by Crippen LogP contribution is 2.41. The monoisotopic (exact) mass is 602 g/mol. The Morgan fingerprint density at radius 3 is 1.61 bits per heavy atom. The van der Waals surface area contributed by atoms with Gasteiger partial charge in [-0.25, -0.2) is 17.6 Å². The third-order valence-electron chi connectivity index (χ3n) is 7.27. The van der Waals surface area contributed by atoms with Crippen LogP contribution in [0.5, 0.6) is 0 Å². The second kappa shape index (κ2) is 10.8. The van der Waals surface area contributed by atoms with E-state index < -0.39 is 58.2 Å². The van der Waals surface area contributed by atoms with E-state index in [-0.39, 0.29) is 62.0 Å². The molecule has 0 atom stereocenters. The molecule has 0 heterocycles. The van der Waals surface area contributed by atoms with E-state index in [4.69, 9.17) is 13.1 Å². The summed E-state index contributed by atoms with van der Waals surface area (Å²) in [6, 6.07) is 7.72. The van der Waals surface area contributed by atoms with Crippen LogP contribution in [0.3, 0.4) is 0 Å². The Morgan fingerprint density at radius 2 is 1.18 bits per heavy atom. The Hall–Kier alpha value is -5.85. The van der Waals surface area contributed by atoms with E-state index in [0.717, 1.165) is 24.3 Å². The summed E-state index contributed by atoms with van der Waals surface area (Å²) in [6.07, 6.45) is -6.23. The highest BCUT2D eigenvalue weighted by atomic mass is 19.4. The minimum absolute atomic E-state index is 0.0238. The van der Waals surface area contributed by atoms with Crippen LogP contribution < -0.4 is 10.4 Å². The van der Waals surface area contributed by atoms with Gasteiger partial charge in [-0.05, 0) is 81.8 Å². The van der Waals surface area contributed by atoms with E-state index in [1.807, 2.05) is 0 Å². The van der Waals surface area contributed by atoms with Gasteiger partial charge in [-0.3, -0.25) is 0 Å². The van der Waals surface area contributed by atoms with E-state index in [1.165, 1.54) is 19.1 Å². The predicted octanol–water partition coefficient (Wildman–Crippen LogP) is 6.90. The van der Waals surface area contributed by atoms with Crippen LogP contribution in [0.2, 0.25) is 0 Å². The van der Waals surface area contributed by atoms with E-state index in [9.17, 15) is 41.3 Å². The highest BCUT2D eigenvalue weighted by molar-refractivity contribution is 5.91. The van der Waals surface area contributed by atoms with Gasteiger partial charge in [0.1, 0.15) is 59.9 Å². The Morgan fingerprint density at radius 1 is 0.750 bits per heavy atom. The lowest BCUT2D eigenvalue weighted by Gasteiger charge is -2.17. The molecule has 0 radical (unpaired) electrons. The lowest BCUT2D eigenvalue weighted by atomic mass is 9.86. The van der Waals surface area contributed by atoms with E-state index in [2.05, 4.69) is 14.4 Å². The van der Waals surface area contributed by atoms with Gasteiger partial charge in [-0.15, -0.1) is 13.2 Å². The Labute approximate surface area is 244 Å². The van der Waals surface area contributed by atoms with Gasteiger partial charge < -0.3 is 4.74 Å². The fourth-order valence-corrected chi connectivity index (χ4v) is 5.77. The zero-order valence-electron chi connectivity index (χ0n) is 22.2. The lowest BCUT2D eigenvalue weighted by molar-refractivity contribution is -0.290. The van der Waals surface area contributed by atoms with Crippen LogP contribution in [-0.2, 0) is 17.6 Å². The number of benzene rings is 3. The summed E-state index contributed by atoms with van der Waals surface area (Å²) in [6.45, 7) is 16.4. The fourth-order valence-electron chi connectivity index (χ4n) is 5.77. The van der Waals surface area contributed by atoms with Crippen molar-refractivity contribution in [2.45, 2.75) is 26.1 Å².